The van der Waals surface area contributed by atoms with Gasteiger partial charge in [0.25, 0.3) is 0 Å². The number of ether oxygens (including phenoxy) is 3. The first-order valence-corrected chi connectivity index (χ1v) is 6.28. The highest BCUT2D eigenvalue weighted by Crippen LogP contribution is 2.20. The number of benzene rings is 1. The molecule has 0 aromatic heterocycles. The first-order valence-electron chi connectivity index (χ1n) is 6.28. The Kier molecular flexibility index (Phi) is 4.59. The molecule has 1 fully saturated rings. The maximum Gasteiger partial charge on any atom is 0.509 e. The zero-order valence-electron chi connectivity index (χ0n) is 10.5. The van der Waals surface area contributed by atoms with Crippen LogP contribution in [0.3, 0.4) is 0 Å². The van der Waals surface area contributed by atoms with Crippen molar-refractivity contribution in [1.29, 1.82) is 0 Å². The summed E-state index contributed by atoms with van der Waals surface area (Å²) in [4.78, 5) is 11.1. The van der Waals surface area contributed by atoms with E-state index in [9.17, 15) is 4.79 Å². The second-order valence-corrected chi connectivity index (χ2v) is 4.35. The van der Waals surface area contributed by atoms with E-state index in [2.05, 4.69) is 0 Å². The second-order valence-electron chi connectivity index (χ2n) is 4.35. The molecule has 1 saturated heterocycles. The number of cyclic esters (lactones) is 2. The molecule has 18 heavy (non-hydrogen) atoms. The third kappa shape index (κ3) is 3.47. The summed E-state index contributed by atoms with van der Waals surface area (Å²) in [5.74, 6) is 0. The molecule has 98 valence electrons. The van der Waals surface area contributed by atoms with Gasteiger partial charge < -0.3 is 14.2 Å². The maximum absolute atomic E-state index is 11.1. The fraction of sp³-hybridized carbons (Fsp3) is 0.500. The molecular formula is C14H18O4. The van der Waals surface area contributed by atoms with E-state index >= 15 is 0 Å². The summed E-state index contributed by atoms with van der Waals surface area (Å²) in [6.07, 6.45) is 0.739. The molecule has 0 radical (unpaired) electrons. The highest BCUT2D eigenvalue weighted by Gasteiger charge is 2.35. The highest BCUT2D eigenvalue weighted by atomic mass is 16.8. The third-order valence-electron chi connectivity index (χ3n) is 2.88. The third-order valence-corrected chi connectivity index (χ3v) is 2.88. The average molecular weight is 250 g/mol. The summed E-state index contributed by atoms with van der Waals surface area (Å²) in [5.41, 5.74) is 1.11. The van der Waals surface area contributed by atoms with E-state index in [0.29, 0.717) is 13.2 Å². The van der Waals surface area contributed by atoms with E-state index in [1.54, 1.807) is 0 Å². The lowest BCUT2D eigenvalue weighted by atomic mass is 10.1. The Bertz CT molecular complexity index is 377. The van der Waals surface area contributed by atoms with Gasteiger partial charge >= 0.3 is 6.16 Å². The largest absolute Gasteiger partial charge is 0.509 e. The molecule has 1 aliphatic rings. The van der Waals surface area contributed by atoms with Crippen LogP contribution in [-0.4, -0.2) is 25.0 Å². The van der Waals surface area contributed by atoms with Crippen LogP contribution in [-0.2, 0) is 20.8 Å². The Hall–Kier alpha value is -1.55. The van der Waals surface area contributed by atoms with Crippen LogP contribution >= 0.6 is 0 Å². The normalized spacial score (nSPS) is 22.6. The summed E-state index contributed by atoms with van der Waals surface area (Å²) in [6, 6.07) is 9.91. The van der Waals surface area contributed by atoms with E-state index in [4.69, 9.17) is 14.2 Å². The van der Waals surface area contributed by atoms with Crippen LogP contribution in [0.1, 0.15) is 25.3 Å². The average Bonchev–Trinajstić information content (AvgIpc) is 2.72. The molecule has 1 aromatic rings. The predicted octanol–water partition coefficient (Wildman–Crippen LogP) is 2.91. The van der Waals surface area contributed by atoms with Gasteiger partial charge in [-0.15, -0.1) is 0 Å². The summed E-state index contributed by atoms with van der Waals surface area (Å²) >= 11 is 0. The number of hydrogen-bond donors (Lipinski definition) is 0. The molecule has 0 amide bonds. The van der Waals surface area contributed by atoms with Crippen LogP contribution in [0.15, 0.2) is 30.3 Å². The van der Waals surface area contributed by atoms with Crippen LogP contribution in [0.5, 0.6) is 0 Å². The van der Waals surface area contributed by atoms with Gasteiger partial charge in [0.2, 0.25) is 0 Å². The molecule has 4 heteroatoms. The number of rotatable bonds is 6. The summed E-state index contributed by atoms with van der Waals surface area (Å²) in [5, 5.41) is 0. The standard InChI is InChI=1S/C14H18O4/c1-2-6-12-13(18-14(15)17-12)10-16-9-11-7-4-3-5-8-11/h3-5,7-8,12-13H,2,6,9-10H2,1H3/t12-,13-/m1/s1. The van der Waals surface area contributed by atoms with Gasteiger partial charge in [-0.1, -0.05) is 43.7 Å². The molecule has 1 aromatic carbocycles. The van der Waals surface area contributed by atoms with Crippen LogP contribution < -0.4 is 0 Å². The van der Waals surface area contributed by atoms with Crippen molar-refractivity contribution in [2.45, 2.75) is 38.6 Å². The minimum Gasteiger partial charge on any atom is -0.427 e. The van der Waals surface area contributed by atoms with Gasteiger partial charge in [0.05, 0.1) is 13.2 Å². The molecule has 0 unspecified atom stereocenters. The second kappa shape index (κ2) is 6.40. The van der Waals surface area contributed by atoms with Crippen molar-refractivity contribution in [3.63, 3.8) is 0 Å². The predicted molar refractivity (Wildman–Crippen MR) is 66.1 cm³/mol. The van der Waals surface area contributed by atoms with Crippen molar-refractivity contribution < 1.29 is 19.0 Å². The van der Waals surface area contributed by atoms with Crippen molar-refractivity contribution in [2.75, 3.05) is 6.61 Å². The Morgan fingerprint density at radius 3 is 2.61 bits per heavy atom. The molecule has 0 N–H and O–H groups in total. The summed E-state index contributed by atoms with van der Waals surface area (Å²) in [6.45, 7) is 2.95. The van der Waals surface area contributed by atoms with E-state index in [0.717, 1.165) is 18.4 Å². The fourth-order valence-corrected chi connectivity index (χ4v) is 1.96. The SMILES string of the molecule is CCC[C@H]1OC(=O)O[C@@H]1COCc1ccccc1. The molecule has 2 atom stereocenters. The Morgan fingerprint density at radius 2 is 1.89 bits per heavy atom. The van der Waals surface area contributed by atoms with Crippen molar-refractivity contribution >= 4 is 6.16 Å². The smallest absolute Gasteiger partial charge is 0.427 e. The van der Waals surface area contributed by atoms with Crippen molar-refractivity contribution in [2.24, 2.45) is 0 Å². The first kappa shape index (κ1) is 12.9. The lowest BCUT2D eigenvalue weighted by Gasteiger charge is -2.14. The van der Waals surface area contributed by atoms with Gasteiger partial charge in [0, 0.05) is 0 Å². The monoisotopic (exact) mass is 250 g/mol. The fourth-order valence-electron chi connectivity index (χ4n) is 1.96. The molecule has 0 aliphatic carbocycles. The summed E-state index contributed by atoms with van der Waals surface area (Å²) < 4.78 is 15.7. The molecular weight excluding hydrogens is 232 g/mol. The topological polar surface area (TPSA) is 44.8 Å². The van der Waals surface area contributed by atoms with Gasteiger partial charge in [-0.2, -0.15) is 0 Å². The Morgan fingerprint density at radius 1 is 1.17 bits per heavy atom. The lowest BCUT2D eigenvalue weighted by Crippen LogP contribution is -2.27. The zero-order chi connectivity index (χ0) is 12.8. The summed E-state index contributed by atoms with van der Waals surface area (Å²) in [7, 11) is 0. The van der Waals surface area contributed by atoms with Gasteiger partial charge in [-0.3, -0.25) is 0 Å². The Balaban J connectivity index is 1.77. The number of hydrogen-bond acceptors (Lipinski definition) is 4. The number of carbonyl (C=O) groups is 1. The van der Waals surface area contributed by atoms with Crippen molar-refractivity contribution in [3.05, 3.63) is 35.9 Å². The van der Waals surface area contributed by atoms with E-state index in [1.807, 2.05) is 37.3 Å². The van der Waals surface area contributed by atoms with Crippen LogP contribution in [0.2, 0.25) is 0 Å². The molecule has 0 saturated carbocycles. The van der Waals surface area contributed by atoms with Crippen LogP contribution in [0.25, 0.3) is 0 Å². The van der Waals surface area contributed by atoms with E-state index in [-0.39, 0.29) is 12.2 Å². The van der Waals surface area contributed by atoms with Gasteiger partial charge in [0.15, 0.2) is 6.10 Å². The van der Waals surface area contributed by atoms with Crippen LogP contribution in [0.4, 0.5) is 4.79 Å². The van der Waals surface area contributed by atoms with Gasteiger partial charge in [0.1, 0.15) is 6.10 Å². The Labute approximate surface area is 107 Å². The highest BCUT2D eigenvalue weighted by molar-refractivity contribution is 5.62. The first-order chi connectivity index (χ1) is 8.79. The minimum absolute atomic E-state index is 0.168. The molecule has 0 spiro atoms. The van der Waals surface area contributed by atoms with Crippen molar-refractivity contribution in [3.8, 4) is 0 Å². The van der Waals surface area contributed by atoms with E-state index < -0.39 is 6.16 Å². The molecule has 4 nitrogen and oxygen atoms in total. The van der Waals surface area contributed by atoms with Gasteiger partial charge in [-0.25, -0.2) is 4.79 Å². The quantitative estimate of drug-likeness (QED) is 0.728. The molecule has 1 aliphatic heterocycles. The maximum atomic E-state index is 11.1. The molecule has 0 bridgehead atoms. The minimum atomic E-state index is -0.582. The molecule has 2 rings (SSSR count). The van der Waals surface area contributed by atoms with E-state index in [1.165, 1.54) is 0 Å². The number of carbonyl (C=O) groups excluding carboxylic acids is 1. The van der Waals surface area contributed by atoms with Crippen LogP contribution in [0, 0.1) is 0 Å². The van der Waals surface area contributed by atoms with Gasteiger partial charge in [-0.05, 0) is 12.0 Å². The lowest BCUT2D eigenvalue weighted by molar-refractivity contribution is 0.0215. The van der Waals surface area contributed by atoms with Crippen molar-refractivity contribution in [1.82, 2.24) is 0 Å². The molecule has 1 heterocycles. The zero-order valence-corrected chi connectivity index (χ0v) is 10.5.